The molecule has 1 saturated carbocycles. The van der Waals surface area contributed by atoms with Gasteiger partial charge in [0.05, 0.1) is 25.7 Å². The maximum Gasteiger partial charge on any atom is 0.410 e. The summed E-state index contributed by atoms with van der Waals surface area (Å²) in [5.41, 5.74) is 4.55. The molecule has 2 aliphatic heterocycles. The van der Waals surface area contributed by atoms with E-state index in [0.717, 1.165) is 59.4 Å². The monoisotopic (exact) mass is 907 g/mol. The summed E-state index contributed by atoms with van der Waals surface area (Å²) >= 11 is 0. The topological polar surface area (TPSA) is 157 Å². The molecule has 7 rings (SSSR count). The van der Waals surface area contributed by atoms with Crippen LogP contribution in [0.4, 0.5) is 4.79 Å². The maximum absolute atomic E-state index is 13.2. The first kappa shape index (κ1) is 51.2. The van der Waals surface area contributed by atoms with Crippen molar-refractivity contribution in [2.24, 2.45) is 0 Å². The van der Waals surface area contributed by atoms with Gasteiger partial charge in [0.15, 0.2) is 0 Å². The van der Waals surface area contributed by atoms with Crippen LogP contribution >= 0.6 is 0 Å². The average molecular weight is 908 g/mol. The lowest BCUT2D eigenvalue weighted by Crippen LogP contribution is -2.44. The number of aliphatic hydroxyl groups excluding tert-OH is 1. The largest absolute Gasteiger partial charge is 0.508 e. The summed E-state index contributed by atoms with van der Waals surface area (Å²) in [6.07, 6.45) is 9.54. The number of sulfone groups is 2. The average Bonchev–Trinajstić information content (AvgIpc) is 3.79. The Morgan fingerprint density at radius 1 is 0.635 bits per heavy atom. The van der Waals surface area contributed by atoms with Crippen LogP contribution in [-0.4, -0.2) is 82.2 Å². The Bertz CT molecular complexity index is 2260. The van der Waals surface area contributed by atoms with Crippen LogP contribution in [0.2, 0.25) is 0 Å². The Kier molecular flexibility index (Phi) is 18.7. The number of hydrogen-bond donors (Lipinski definition) is 2. The Morgan fingerprint density at radius 2 is 1.05 bits per heavy atom. The van der Waals surface area contributed by atoms with Crippen LogP contribution in [0.1, 0.15) is 112 Å². The second kappa shape index (κ2) is 23.0. The summed E-state index contributed by atoms with van der Waals surface area (Å²) in [6, 6.07) is 19.7. The molecule has 2 heterocycles. The van der Waals surface area contributed by atoms with Gasteiger partial charge >= 0.3 is 6.09 Å². The molecule has 0 aromatic heterocycles. The standard InChI is InChI=1S/C25H33NO5S.C15H16O3S.C6H12O.C4H8O/c1-17-15-18(2)23(19(3)16-17)32(28,29)22-9-7-20(8-10-22)30-21-11-13-26(14-12-21)24(27)31-25(4,5)6;1-10-8-11(2)15(12(3)9-10)19(17,18)14-6-4-13(16)5-7-14;7-6-4-2-1-3-5-6;1-2-4-5-3-1/h7-10,15-16,21H,11-14H2,1-6H3;4-9,16H,1-3H3;6-7H,1-5H2;1-4H2. The van der Waals surface area contributed by atoms with Crippen molar-refractivity contribution in [1.29, 1.82) is 0 Å². The van der Waals surface area contributed by atoms with Gasteiger partial charge < -0.3 is 29.3 Å². The van der Waals surface area contributed by atoms with Gasteiger partial charge in [0.2, 0.25) is 19.7 Å². The number of phenols is 1. The van der Waals surface area contributed by atoms with Gasteiger partial charge in [-0.25, -0.2) is 21.6 Å². The van der Waals surface area contributed by atoms with Crippen molar-refractivity contribution in [3.8, 4) is 11.5 Å². The summed E-state index contributed by atoms with van der Waals surface area (Å²) in [7, 11) is -7.16. The third kappa shape index (κ3) is 15.4. The molecule has 0 bridgehead atoms. The number of aromatic hydroxyl groups is 1. The van der Waals surface area contributed by atoms with E-state index >= 15 is 0 Å². The predicted molar refractivity (Wildman–Crippen MR) is 247 cm³/mol. The molecule has 13 heteroatoms. The van der Waals surface area contributed by atoms with Gasteiger partial charge in [-0.05, 0) is 159 Å². The van der Waals surface area contributed by atoms with Crippen molar-refractivity contribution in [3.05, 3.63) is 106 Å². The smallest absolute Gasteiger partial charge is 0.410 e. The van der Waals surface area contributed by atoms with Crippen molar-refractivity contribution in [2.45, 2.75) is 157 Å². The lowest BCUT2D eigenvalue weighted by molar-refractivity contribution is 0.0126. The Hall–Kier alpha value is -4.43. The maximum atomic E-state index is 13.2. The first-order valence-electron chi connectivity index (χ1n) is 22.0. The van der Waals surface area contributed by atoms with Crippen LogP contribution in [0, 0.1) is 41.5 Å². The number of carbonyl (C=O) groups is 1. The van der Waals surface area contributed by atoms with Crippen molar-refractivity contribution in [1.82, 2.24) is 4.90 Å². The summed E-state index contributed by atoms with van der Waals surface area (Å²) in [4.78, 5) is 15.1. The Balaban J connectivity index is 0.000000233. The molecule has 0 atom stereocenters. The number of benzene rings is 4. The number of aliphatic hydroxyl groups is 1. The normalized spacial score (nSPS) is 16.1. The fraction of sp³-hybridized carbons (Fsp3) is 0.500. The minimum absolute atomic E-state index is 0.0299. The number of carbonyl (C=O) groups excluding carboxylic acids is 1. The van der Waals surface area contributed by atoms with Gasteiger partial charge in [0.1, 0.15) is 23.2 Å². The molecule has 63 heavy (non-hydrogen) atoms. The van der Waals surface area contributed by atoms with Crippen LogP contribution in [0.3, 0.4) is 0 Å². The van der Waals surface area contributed by atoms with E-state index in [9.17, 15) is 26.7 Å². The number of nitrogens with zero attached hydrogens (tertiary/aromatic N) is 1. The molecular weight excluding hydrogens is 839 g/mol. The number of aryl methyl sites for hydroxylation is 6. The first-order chi connectivity index (χ1) is 29.6. The lowest BCUT2D eigenvalue weighted by atomic mass is 9.98. The van der Waals surface area contributed by atoms with Gasteiger partial charge in [0, 0.05) is 39.1 Å². The zero-order valence-corrected chi connectivity index (χ0v) is 40.3. The van der Waals surface area contributed by atoms with E-state index in [1.54, 1.807) is 43.0 Å². The number of ether oxygens (including phenoxy) is 3. The van der Waals surface area contributed by atoms with Gasteiger partial charge in [0.25, 0.3) is 0 Å². The third-order valence-electron chi connectivity index (χ3n) is 10.8. The molecule has 4 aromatic carbocycles. The molecule has 2 N–H and O–H groups in total. The fourth-order valence-corrected chi connectivity index (χ4v) is 11.4. The van der Waals surface area contributed by atoms with E-state index in [-0.39, 0.29) is 33.8 Å². The zero-order chi connectivity index (χ0) is 46.5. The highest BCUT2D eigenvalue weighted by Gasteiger charge is 2.28. The highest BCUT2D eigenvalue weighted by atomic mass is 32.2. The minimum atomic E-state index is -3.61. The number of amides is 1. The van der Waals surface area contributed by atoms with Crippen LogP contribution in [0.15, 0.2) is 92.4 Å². The second-order valence-corrected chi connectivity index (χ2v) is 21.6. The molecule has 3 fully saturated rings. The fourth-order valence-electron chi connectivity index (χ4n) is 8.01. The first-order valence-corrected chi connectivity index (χ1v) is 25.0. The van der Waals surface area contributed by atoms with Crippen LogP contribution < -0.4 is 4.74 Å². The van der Waals surface area contributed by atoms with Crippen LogP contribution in [-0.2, 0) is 29.1 Å². The van der Waals surface area contributed by atoms with E-state index in [2.05, 4.69) is 0 Å². The van der Waals surface area contributed by atoms with Gasteiger partial charge in [-0.3, -0.25) is 0 Å². The van der Waals surface area contributed by atoms with E-state index in [0.29, 0.717) is 41.5 Å². The van der Waals surface area contributed by atoms with Gasteiger partial charge in [-0.1, -0.05) is 54.7 Å². The molecule has 11 nitrogen and oxygen atoms in total. The molecule has 346 valence electrons. The molecule has 0 radical (unpaired) electrons. The zero-order valence-electron chi connectivity index (χ0n) is 38.7. The van der Waals surface area contributed by atoms with Crippen molar-refractivity contribution in [3.63, 3.8) is 0 Å². The van der Waals surface area contributed by atoms with E-state index < -0.39 is 25.3 Å². The number of phenolic OH excluding ortho intramolecular Hbond substituents is 1. The van der Waals surface area contributed by atoms with Crippen LogP contribution in [0.5, 0.6) is 11.5 Å². The second-order valence-electron chi connectivity index (χ2n) is 17.8. The molecule has 1 amide bonds. The Morgan fingerprint density at radius 3 is 1.40 bits per heavy atom. The summed E-state index contributed by atoms with van der Waals surface area (Å²) in [5, 5.41) is 18.2. The van der Waals surface area contributed by atoms with Gasteiger partial charge in [-0.2, -0.15) is 0 Å². The Labute approximate surface area is 376 Å². The van der Waals surface area contributed by atoms with Crippen molar-refractivity contribution >= 4 is 25.8 Å². The van der Waals surface area contributed by atoms with E-state index in [1.807, 2.05) is 72.7 Å². The van der Waals surface area contributed by atoms with Crippen molar-refractivity contribution < 1.29 is 46.1 Å². The summed E-state index contributed by atoms with van der Waals surface area (Å²) < 4.78 is 68.0. The SMILES string of the molecule is C1CCOC1.Cc1cc(C)c(S(=O)(=O)c2ccc(O)cc2)c(C)c1.Cc1cc(C)c(S(=O)(=O)c2ccc(OC3CCN(C(=O)OC(C)(C)C)CC3)cc2)c(C)c1.OC1CCCCC1. The van der Waals surface area contributed by atoms with E-state index in [4.69, 9.17) is 19.3 Å². The minimum Gasteiger partial charge on any atom is -0.508 e. The molecule has 1 aliphatic carbocycles. The molecule has 3 aliphatic rings. The lowest BCUT2D eigenvalue weighted by Gasteiger charge is -2.33. The quantitative estimate of drug-likeness (QED) is 0.191. The van der Waals surface area contributed by atoms with Crippen molar-refractivity contribution in [2.75, 3.05) is 26.3 Å². The third-order valence-corrected chi connectivity index (χ3v) is 15.0. The summed E-state index contributed by atoms with van der Waals surface area (Å²) in [6.45, 7) is 19.8. The van der Waals surface area contributed by atoms with E-state index in [1.165, 1.54) is 56.4 Å². The van der Waals surface area contributed by atoms with Gasteiger partial charge in [-0.15, -0.1) is 0 Å². The number of likely N-dealkylation sites (tertiary alicyclic amines) is 1. The molecule has 0 spiro atoms. The number of rotatable bonds is 6. The molecule has 0 unspecified atom stereocenters. The predicted octanol–water partition coefficient (Wildman–Crippen LogP) is 10.5. The summed E-state index contributed by atoms with van der Waals surface area (Å²) in [5.74, 6) is 0.674. The van der Waals surface area contributed by atoms with Crippen LogP contribution in [0.25, 0.3) is 0 Å². The molecule has 2 saturated heterocycles. The highest BCUT2D eigenvalue weighted by Crippen LogP contribution is 2.31. The molecular formula is C50H69NO10S2. The number of piperidine rings is 1. The number of hydrogen-bond acceptors (Lipinski definition) is 10. The molecule has 4 aromatic rings. The highest BCUT2D eigenvalue weighted by molar-refractivity contribution is 7.92.